The van der Waals surface area contributed by atoms with Crippen molar-refractivity contribution in [3.63, 3.8) is 0 Å². The van der Waals surface area contributed by atoms with Crippen molar-refractivity contribution < 1.29 is 19.6 Å². The van der Waals surface area contributed by atoms with Crippen molar-refractivity contribution in [2.45, 2.75) is 13.0 Å². The molecule has 0 radical (unpaired) electrons. The Kier molecular flexibility index (Phi) is 4.76. The van der Waals surface area contributed by atoms with Crippen molar-refractivity contribution in [2.75, 3.05) is 0 Å². The minimum atomic E-state index is -1.16. The number of aliphatic carboxylic acids is 1. The topological polar surface area (TPSA) is 110 Å². The average Bonchev–Trinajstić information content (AvgIpc) is 2.36. The van der Waals surface area contributed by atoms with E-state index in [9.17, 15) is 19.7 Å². The van der Waals surface area contributed by atoms with Crippen LogP contribution in [-0.2, 0) is 9.59 Å². The number of carboxylic acids is 1. The summed E-state index contributed by atoms with van der Waals surface area (Å²) in [6, 6.07) is 4.90. The summed E-state index contributed by atoms with van der Waals surface area (Å²) < 4.78 is 0. The van der Waals surface area contributed by atoms with Crippen LogP contribution in [0.1, 0.15) is 12.5 Å². The minimum absolute atomic E-state index is 0.127. The third kappa shape index (κ3) is 4.23. The number of carbonyl (C=O) groups is 2. The Balaban J connectivity index is 2.79. The Morgan fingerprint density at radius 2 is 2.05 bits per heavy atom. The molecule has 0 spiro atoms. The number of nitrogens with zero attached hydrogens (tertiary/aromatic N) is 1. The van der Waals surface area contributed by atoms with Gasteiger partial charge in [0.05, 0.1) is 10.5 Å². The number of nitro groups is 1. The van der Waals surface area contributed by atoms with E-state index in [1.807, 2.05) is 0 Å². The number of nitro benzene ring substituents is 1. The van der Waals surface area contributed by atoms with Crippen LogP contribution in [0.5, 0.6) is 0 Å². The first-order valence-corrected chi connectivity index (χ1v) is 5.36. The van der Waals surface area contributed by atoms with Gasteiger partial charge < -0.3 is 10.4 Å². The van der Waals surface area contributed by atoms with Gasteiger partial charge in [-0.2, -0.15) is 0 Å². The standard InChI is InChI=1S/C12H12N2O5/c1-8(12(16)17)13-11(15)7-6-9-4-2-3-5-10(9)14(18)19/h2-8H,1H3,(H,13,15)(H,16,17)/b7-6+/t8-/m1/s1. The van der Waals surface area contributed by atoms with Crippen LogP contribution in [0, 0.1) is 10.1 Å². The van der Waals surface area contributed by atoms with E-state index in [1.165, 1.54) is 31.2 Å². The molecule has 0 saturated carbocycles. The van der Waals surface area contributed by atoms with Crippen molar-refractivity contribution in [1.29, 1.82) is 0 Å². The fourth-order valence-electron chi connectivity index (χ4n) is 1.28. The number of hydrogen-bond acceptors (Lipinski definition) is 4. The van der Waals surface area contributed by atoms with E-state index < -0.39 is 22.8 Å². The number of para-hydroxylation sites is 1. The van der Waals surface area contributed by atoms with E-state index in [4.69, 9.17) is 5.11 Å². The molecule has 100 valence electrons. The van der Waals surface area contributed by atoms with Gasteiger partial charge in [-0.25, -0.2) is 0 Å². The summed E-state index contributed by atoms with van der Waals surface area (Å²) in [5, 5.41) is 21.5. The molecule has 0 heterocycles. The summed E-state index contributed by atoms with van der Waals surface area (Å²) in [6.45, 7) is 1.32. The Labute approximate surface area is 108 Å². The lowest BCUT2D eigenvalue weighted by atomic mass is 10.1. The molecule has 7 nitrogen and oxygen atoms in total. The molecule has 0 aromatic heterocycles. The fourth-order valence-corrected chi connectivity index (χ4v) is 1.28. The summed E-state index contributed by atoms with van der Waals surface area (Å²) in [5.41, 5.74) is 0.142. The van der Waals surface area contributed by atoms with Crippen LogP contribution >= 0.6 is 0 Å². The molecule has 0 aliphatic rings. The second kappa shape index (κ2) is 6.29. The third-order valence-corrected chi connectivity index (χ3v) is 2.28. The summed E-state index contributed by atoms with van der Waals surface area (Å²) in [4.78, 5) is 32.1. The molecule has 0 fully saturated rings. The Bertz CT molecular complexity index is 539. The van der Waals surface area contributed by atoms with E-state index in [-0.39, 0.29) is 11.3 Å². The molecule has 0 aliphatic heterocycles. The van der Waals surface area contributed by atoms with Crippen LogP contribution in [0.3, 0.4) is 0 Å². The SMILES string of the molecule is C[C@@H](NC(=O)/C=C/c1ccccc1[N+](=O)[O-])C(=O)O. The lowest BCUT2D eigenvalue weighted by molar-refractivity contribution is -0.385. The lowest BCUT2D eigenvalue weighted by Crippen LogP contribution is -2.37. The largest absolute Gasteiger partial charge is 0.480 e. The monoisotopic (exact) mass is 264 g/mol. The molecule has 1 amide bonds. The molecule has 1 aromatic carbocycles. The van der Waals surface area contributed by atoms with Crippen molar-refractivity contribution >= 4 is 23.6 Å². The maximum Gasteiger partial charge on any atom is 0.325 e. The zero-order valence-corrected chi connectivity index (χ0v) is 10.1. The Morgan fingerprint density at radius 3 is 2.63 bits per heavy atom. The summed E-state index contributed by atoms with van der Waals surface area (Å²) >= 11 is 0. The number of hydrogen-bond donors (Lipinski definition) is 2. The van der Waals surface area contributed by atoms with Crippen LogP contribution in [0.2, 0.25) is 0 Å². The number of rotatable bonds is 5. The van der Waals surface area contributed by atoms with Gasteiger partial charge in [-0.05, 0) is 19.1 Å². The van der Waals surface area contributed by atoms with Gasteiger partial charge in [-0.1, -0.05) is 12.1 Å². The highest BCUT2D eigenvalue weighted by Gasteiger charge is 2.13. The van der Waals surface area contributed by atoms with Crippen LogP contribution in [0.25, 0.3) is 6.08 Å². The molecule has 2 N–H and O–H groups in total. The molecule has 0 unspecified atom stereocenters. The normalized spacial score (nSPS) is 12.1. The fraction of sp³-hybridized carbons (Fsp3) is 0.167. The first-order valence-electron chi connectivity index (χ1n) is 5.36. The number of carboxylic acid groups (broad SMARTS) is 1. The van der Waals surface area contributed by atoms with Gasteiger partial charge in [-0.15, -0.1) is 0 Å². The van der Waals surface area contributed by atoms with Crippen molar-refractivity contribution in [3.05, 3.63) is 46.0 Å². The summed E-state index contributed by atoms with van der Waals surface area (Å²) in [7, 11) is 0. The zero-order chi connectivity index (χ0) is 14.4. The molecule has 19 heavy (non-hydrogen) atoms. The number of nitrogens with one attached hydrogen (secondary N) is 1. The van der Waals surface area contributed by atoms with E-state index in [0.29, 0.717) is 0 Å². The van der Waals surface area contributed by atoms with Gasteiger partial charge in [0, 0.05) is 12.1 Å². The van der Waals surface area contributed by atoms with E-state index in [0.717, 1.165) is 6.08 Å². The molecular weight excluding hydrogens is 252 g/mol. The Hall–Kier alpha value is -2.70. The number of benzene rings is 1. The van der Waals surface area contributed by atoms with Crippen molar-refractivity contribution in [2.24, 2.45) is 0 Å². The van der Waals surface area contributed by atoms with E-state index >= 15 is 0 Å². The van der Waals surface area contributed by atoms with Crippen LogP contribution in [-0.4, -0.2) is 27.9 Å². The maximum atomic E-state index is 11.4. The molecule has 1 aromatic rings. The summed E-state index contributed by atoms with van der Waals surface area (Å²) in [5.74, 6) is -1.79. The van der Waals surface area contributed by atoms with Gasteiger partial charge in [0.1, 0.15) is 6.04 Å². The van der Waals surface area contributed by atoms with Gasteiger partial charge in [-0.3, -0.25) is 19.7 Å². The predicted octanol–water partition coefficient (Wildman–Crippen LogP) is 1.20. The average molecular weight is 264 g/mol. The van der Waals surface area contributed by atoms with Gasteiger partial charge in [0.25, 0.3) is 5.69 Å². The molecule has 0 bridgehead atoms. The molecule has 7 heteroatoms. The second-order valence-electron chi connectivity index (χ2n) is 3.72. The van der Waals surface area contributed by atoms with Crippen LogP contribution < -0.4 is 5.32 Å². The van der Waals surface area contributed by atoms with Crippen LogP contribution in [0.4, 0.5) is 5.69 Å². The van der Waals surface area contributed by atoms with E-state index in [1.54, 1.807) is 6.07 Å². The minimum Gasteiger partial charge on any atom is -0.480 e. The zero-order valence-electron chi connectivity index (χ0n) is 10.1. The molecule has 1 atom stereocenters. The number of carbonyl (C=O) groups excluding carboxylic acids is 1. The molecule has 0 aliphatic carbocycles. The highest BCUT2D eigenvalue weighted by atomic mass is 16.6. The second-order valence-corrected chi connectivity index (χ2v) is 3.72. The molecular formula is C12H12N2O5. The Morgan fingerprint density at radius 1 is 1.42 bits per heavy atom. The third-order valence-electron chi connectivity index (χ3n) is 2.28. The first kappa shape index (κ1) is 14.4. The molecule has 1 rings (SSSR count). The predicted molar refractivity (Wildman–Crippen MR) is 67.4 cm³/mol. The van der Waals surface area contributed by atoms with Gasteiger partial charge in [0.2, 0.25) is 5.91 Å². The maximum absolute atomic E-state index is 11.4. The highest BCUT2D eigenvalue weighted by molar-refractivity contribution is 5.94. The number of amides is 1. The van der Waals surface area contributed by atoms with Crippen molar-refractivity contribution in [3.8, 4) is 0 Å². The van der Waals surface area contributed by atoms with Crippen molar-refractivity contribution in [1.82, 2.24) is 5.32 Å². The first-order chi connectivity index (χ1) is 8.91. The van der Waals surface area contributed by atoms with E-state index in [2.05, 4.69) is 5.32 Å². The highest BCUT2D eigenvalue weighted by Crippen LogP contribution is 2.18. The van der Waals surface area contributed by atoms with Gasteiger partial charge >= 0.3 is 5.97 Å². The molecule has 0 saturated heterocycles. The quantitative estimate of drug-likeness (QED) is 0.471. The summed E-state index contributed by atoms with van der Waals surface area (Å²) in [6.07, 6.45) is 2.32. The van der Waals surface area contributed by atoms with Crippen LogP contribution in [0.15, 0.2) is 30.3 Å². The van der Waals surface area contributed by atoms with Gasteiger partial charge in [0.15, 0.2) is 0 Å². The lowest BCUT2D eigenvalue weighted by Gasteiger charge is -2.05. The smallest absolute Gasteiger partial charge is 0.325 e.